The Hall–Kier alpha value is -1.64. The van der Waals surface area contributed by atoms with Crippen molar-refractivity contribution in [3.63, 3.8) is 0 Å². The maximum Gasteiger partial charge on any atom is 0.141 e. The zero-order valence-electron chi connectivity index (χ0n) is 8.97. The second kappa shape index (κ2) is 3.44. The van der Waals surface area contributed by atoms with Crippen molar-refractivity contribution in [3.8, 4) is 0 Å². The van der Waals surface area contributed by atoms with Gasteiger partial charge in [0, 0.05) is 18.1 Å². The first-order valence-corrected chi connectivity index (χ1v) is 5.54. The zero-order valence-corrected chi connectivity index (χ0v) is 8.97. The number of hydroxylamine groups is 1. The Morgan fingerprint density at radius 3 is 2.38 bits per heavy atom. The van der Waals surface area contributed by atoms with Crippen LogP contribution in [-0.2, 0) is 6.42 Å². The van der Waals surface area contributed by atoms with Crippen molar-refractivity contribution < 1.29 is 0 Å². The van der Waals surface area contributed by atoms with Gasteiger partial charge in [0.25, 0.3) is 0 Å². The van der Waals surface area contributed by atoms with E-state index in [0.29, 0.717) is 6.54 Å². The largest absolute Gasteiger partial charge is 0.622 e. The lowest BCUT2D eigenvalue weighted by Crippen LogP contribution is -2.34. The third kappa shape index (κ3) is 1.28. The van der Waals surface area contributed by atoms with E-state index in [0.717, 1.165) is 17.8 Å². The van der Waals surface area contributed by atoms with E-state index in [9.17, 15) is 5.21 Å². The van der Waals surface area contributed by atoms with Crippen LogP contribution in [0.1, 0.15) is 5.56 Å². The average Bonchev–Trinajstić information content (AvgIpc) is 2.71. The minimum Gasteiger partial charge on any atom is -0.622 e. The van der Waals surface area contributed by atoms with Gasteiger partial charge in [-0.05, 0) is 12.1 Å². The molecule has 0 N–H and O–H groups in total. The molecule has 1 unspecified atom stereocenters. The standard InChI is InChI=1S/C14H13NO/c16-15(13-7-2-1-3-8-13)11-10-12-6-4-5-9-14(12)15/h1-9H,10-11H2. The summed E-state index contributed by atoms with van der Waals surface area (Å²) < 4.78 is -0.309. The maximum atomic E-state index is 12.9. The van der Waals surface area contributed by atoms with E-state index in [2.05, 4.69) is 6.07 Å². The first-order chi connectivity index (χ1) is 7.81. The second-order valence-corrected chi connectivity index (χ2v) is 4.18. The van der Waals surface area contributed by atoms with Crippen LogP contribution in [0.25, 0.3) is 0 Å². The fourth-order valence-electron chi connectivity index (χ4n) is 2.41. The molecule has 0 saturated carbocycles. The Morgan fingerprint density at radius 2 is 1.56 bits per heavy atom. The van der Waals surface area contributed by atoms with Gasteiger partial charge in [0.2, 0.25) is 0 Å². The summed E-state index contributed by atoms with van der Waals surface area (Å²) >= 11 is 0. The summed E-state index contributed by atoms with van der Waals surface area (Å²) in [6.07, 6.45) is 0.870. The first kappa shape index (κ1) is 9.58. The quantitative estimate of drug-likeness (QED) is 0.524. The van der Waals surface area contributed by atoms with E-state index in [1.54, 1.807) is 0 Å². The molecule has 1 aliphatic heterocycles. The number of quaternary nitrogens is 1. The fraction of sp³-hybridized carbons (Fsp3) is 0.143. The van der Waals surface area contributed by atoms with Crippen LogP contribution in [0.15, 0.2) is 54.6 Å². The lowest BCUT2D eigenvalue weighted by Gasteiger charge is -2.38. The summed E-state index contributed by atoms with van der Waals surface area (Å²) in [4.78, 5) is 0. The van der Waals surface area contributed by atoms with E-state index in [1.807, 2.05) is 48.5 Å². The van der Waals surface area contributed by atoms with Crippen molar-refractivity contribution >= 4 is 11.4 Å². The Morgan fingerprint density at radius 1 is 0.875 bits per heavy atom. The molecule has 0 saturated heterocycles. The number of benzene rings is 2. The smallest absolute Gasteiger partial charge is 0.141 e. The Bertz CT molecular complexity index is 509. The number of para-hydroxylation sites is 2. The van der Waals surface area contributed by atoms with Crippen LogP contribution in [0.3, 0.4) is 0 Å². The molecule has 0 fully saturated rings. The van der Waals surface area contributed by atoms with Crippen molar-refractivity contribution in [1.29, 1.82) is 0 Å². The molecule has 1 heterocycles. The van der Waals surface area contributed by atoms with Crippen molar-refractivity contribution in [2.75, 3.05) is 6.54 Å². The number of nitrogens with zero attached hydrogens (tertiary/aromatic N) is 1. The lowest BCUT2D eigenvalue weighted by molar-refractivity contribution is 0.547. The van der Waals surface area contributed by atoms with Gasteiger partial charge in [-0.3, -0.25) is 4.65 Å². The van der Waals surface area contributed by atoms with E-state index in [1.165, 1.54) is 5.56 Å². The van der Waals surface area contributed by atoms with Gasteiger partial charge in [0.05, 0.1) is 6.54 Å². The molecule has 0 bridgehead atoms. The topological polar surface area (TPSA) is 23.1 Å². The van der Waals surface area contributed by atoms with Crippen LogP contribution in [0, 0.1) is 5.21 Å². The fourth-order valence-corrected chi connectivity index (χ4v) is 2.41. The Labute approximate surface area is 94.9 Å². The average molecular weight is 211 g/mol. The van der Waals surface area contributed by atoms with E-state index < -0.39 is 0 Å². The van der Waals surface area contributed by atoms with Crippen LogP contribution < -0.4 is 4.65 Å². The van der Waals surface area contributed by atoms with E-state index >= 15 is 0 Å². The number of fused-ring (bicyclic) bond motifs is 1. The normalized spacial score (nSPS) is 23.1. The second-order valence-electron chi connectivity index (χ2n) is 4.18. The number of hydrogen-bond donors (Lipinski definition) is 0. The molecule has 0 spiro atoms. The van der Waals surface area contributed by atoms with E-state index in [4.69, 9.17) is 0 Å². The van der Waals surface area contributed by atoms with Gasteiger partial charge >= 0.3 is 0 Å². The molecular formula is C14H13NO. The molecule has 80 valence electrons. The molecule has 1 atom stereocenters. The highest BCUT2D eigenvalue weighted by molar-refractivity contribution is 5.65. The van der Waals surface area contributed by atoms with Crippen LogP contribution in [0.2, 0.25) is 0 Å². The molecule has 0 radical (unpaired) electrons. The SMILES string of the molecule is [O-][N+]1(c2ccccc2)CCc2ccccc21. The number of hydrogen-bond acceptors (Lipinski definition) is 1. The minimum atomic E-state index is -0.309. The van der Waals surface area contributed by atoms with Gasteiger partial charge in [-0.25, -0.2) is 0 Å². The predicted octanol–water partition coefficient (Wildman–Crippen LogP) is 3.38. The van der Waals surface area contributed by atoms with Gasteiger partial charge in [0.1, 0.15) is 11.4 Å². The molecular weight excluding hydrogens is 198 g/mol. The Balaban J connectivity index is 2.15. The van der Waals surface area contributed by atoms with Gasteiger partial charge < -0.3 is 5.21 Å². The molecule has 2 aromatic rings. The molecule has 2 nitrogen and oxygen atoms in total. The summed E-state index contributed by atoms with van der Waals surface area (Å²) in [5.74, 6) is 0. The molecule has 16 heavy (non-hydrogen) atoms. The maximum absolute atomic E-state index is 12.9. The van der Waals surface area contributed by atoms with Crippen molar-refractivity contribution in [2.45, 2.75) is 6.42 Å². The highest BCUT2D eigenvalue weighted by Crippen LogP contribution is 2.40. The summed E-state index contributed by atoms with van der Waals surface area (Å²) in [5.41, 5.74) is 2.91. The predicted molar refractivity (Wildman–Crippen MR) is 66.3 cm³/mol. The molecule has 2 heteroatoms. The summed E-state index contributed by atoms with van der Waals surface area (Å²) in [6, 6.07) is 17.6. The first-order valence-electron chi connectivity index (χ1n) is 5.54. The molecule has 1 aliphatic rings. The van der Waals surface area contributed by atoms with Crippen LogP contribution in [-0.4, -0.2) is 6.54 Å². The molecule has 0 aromatic heterocycles. The van der Waals surface area contributed by atoms with E-state index in [-0.39, 0.29) is 4.65 Å². The Kier molecular flexibility index (Phi) is 2.06. The van der Waals surface area contributed by atoms with Crippen molar-refractivity contribution in [2.24, 2.45) is 0 Å². The van der Waals surface area contributed by atoms with Crippen LogP contribution in [0.4, 0.5) is 11.4 Å². The van der Waals surface area contributed by atoms with Gasteiger partial charge in [-0.2, -0.15) is 0 Å². The molecule has 2 aromatic carbocycles. The monoisotopic (exact) mass is 211 g/mol. The number of rotatable bonds is 1. The summed E-state index contributed by atoms with van der Waals surface area (Å²) in [6.45, 7) is 0.614. The third-order valence-electron chi connectivity index (χ3n) is 3.25. The molecule has 3 rings (SSSR count). The summed E-state index contributed by atoms with van der Waals surface area (Å²) in [7, 11) is 0. The van der Waals surface area contributed by atoms with Gasteiger partial charge in [-0.15, -0.1) is 0 Å². The lowest BCUT2D eigenvalue weighted by atomic mass is 10.2. The molecule has 0 aliphatic carbocycles. The highest BCUT2D eigenvalue weighted by Gasteiger charge is 2.32. The van der Waals surface area contributed by atoms with Gasteiger partial charge in [-0.1, -0.05) is 36.4 Å². The van der Waals surface area contributed by atoms with Crippen molar-refractivity contribution in [3.05, 3.63) is 65.4 Å². The minimum absolute atomic E-state index is 0.309. The zero-order chi connectivity index (χ0) is 11.0. The van der Waals surface area contributed by atoms with Crippen LogP contribution in [0.5, 0.6) is 0 Å². The van der Waals surface area contributed by atoms with Crippen molar-refractivity contribution in [1.82, 2.24) is 4.65 Å². The van der Waals surface area contributed by atoms with Gasteiger partial charge in [0.15, 0.2) is 0 Å². The van der Waals surface area contributed by atoms with Crippen LogP contribution >= 0.6 is 0 Å². The third-order valence-corrected chi connectivity index (χ3v) is 3.25. The molecule has 0 amide bonds. The summed E-state index contributed by atoms with van der Waals surface area (Å²) in [5, 5.41) is 12.9. The highest BCUT2D eigenvalue weighted by atomic mass is 16.5.